The molecule has 2 rings (SSSR count). The van der Waals surface area contributed by atoms with Crippen molar-refractivity contribution >= 4 is 34.5 Å². The van der Waals surface area contributed by atoms with Crippen LogP contribution in [0.25, 0.3) is 0 Å². The molecule has 0 amide bonds. The number of hydrogen-bond donors (Lipinski definition) is 2. The first-order valence-corrected chi connectivity index (χ1v) is 6.72. The number of benzene rings is 1. The van der Waals surface area contributed by atoms with E-state index < -0.39 is 0 Å². The summed E-state index contributed by atoms with van der Waals surface area (Å²) in [5.41, 5.74) is 7.35. The molecule has 1 aliphatic carbocycles. The predicted molar refractivity (Wildman–Crippen MR) is 77.8 cm³/mol. The van der Waals surface area contributed by atoms with Gasteiger partial charge < -0.3 is 11.1 Å². The minimum absolute atomic E-state index is 0.341. The fourth-order valence-electron chi connectivity index (χ4n) is 2.13. The second kappa shape index (κ2) is 5.23. The smallest absolute Gasteiger partial charge is 0.105 e. The van der Waals surface area contributed by atoms with Crippen molar-refractivity contribution in [1.29, 1.82) is 0 Å². The Balaban J connectivity index is 2.06. The summed E-state index contributed by atoms with van der Waals surface area (Å²) >= 11 is 11.1. The quantitative estimate of drug-likeness (QED) is 0.820. The standard InChI is InChI=1S/C13H17ClN2S/c1-8(9-3-2-4-9)16-10-5-6-11(13(15)17)12(14)7-10/h5-9,16H,2-4H2,1H3,(H2,15,17). The summed E-state index contributed by atoms with van der Waals surface area (Å²) in [4.78, 5) is 0.341. The summed E-state index contributed by atoms with van der Waals surface area (Å²) in [6, 6.07) is 6.25. The monoisotopic (exact) mass is 268 g/mol. The molecule has 92 valence electrons. The fraction of sp³-hybridized carbons (Fsp3) is 0.462. The Morgan fingerprint density at radius 2 is 2.24 bits per heavy atom. The third-order valence-electron chi connectivity index (χ3n) is 3.49. The van der Waals surface area contributed by atoms with Crippen molar-refractivity contribution in [1.82, 2.24) is 0 Å². The minimum Gasteiger partial charge on any atom is -0.389 e. The van der Waals surface area contributed by atoms with Gasteiger partial charge in [0, 0.05) is 17.3 Å². The van der Waals surface area contributed by atoms with Crippen LogP contribution in [0.2, 0.25) is 5.02 Å². The lowest BCUT2D eigenvalue weighted by Gasteiger charge is -2.32. The Morgan fingerprint density at radius 3 is 2.71 bits per heavy atom. The van der Waals surface area contributed by atoms with E-state index in [4.69, 9.17) is 29.6 Å². The predicted octanol–water partition coefficient (Wildman–Crippen LogP) is 3.57. The molecule has 0 bridgehead atoms. The molecule has 0 aliphatic heterocycles. The number of thiocarbonyl (C=S) groups is 1. The Labute approximate surface area is 113 Å². The van der Waals surface area contributed by atoms with Crippen LogP contribution >= 0.6 is 23.8 Å². The molecular formula is C13H17ClN2S. The molecule has 1 unspecified atom stereocenters. The molecule has 0 radical (unpaired) electrons. The van der Waals surface area contributed by atoms with Crippen LogP contribution in [-0.4, -0.2) is 11.0 Å². The van der Waals surface area contributed by atoms with Crippen molar-refractivity contribution < 1.29 is 0 Å². The molecular weight excluding hydrogens is 252 g/mol. The van der Waals surface area contributed by atoms with Crippen molar-refractivity contribution in [3.63, 3.8) is 0 Å². The van der Waals surface area contributed by atoms with Gasteiger partial charge in [0.25, 0.3) is 0 Å². The average molecular weight is 269 g/mol. The van der Waals surface area contributed by atoms with Gasteiger partial charge in [-0.1, -0.05) is 30.2 Å². The van der Waals surface area contributed by atoms with Crippen LogP contribution < -0.4 is 11.1 Å². The first-order valence-electron chi connectivity index (χ1n) is 5.94. The van der Waals surface area contributed by atoms with Gasteiger partial charge in [0.2, 0.25) is 0 Å². The summed E-state index contributed by atoms with van der Waals surface area (Å²) in [7, 11) is 0. The zero-order chi connectivity index (χ0) is 12.4. The van der Waals surface area contributed by atoms with Gasteiger partial charge in [0.15, 0.2) is 0 Å². The van der Waals surface area contributed by atoms with Crippen LogP contribution in [0.4, 0.5) is 5.69 Å². The van der Waals surface area contributed by atoms with Gasteiger partial charge in [-0.3, -0.25) is 0 Å². The molecule has 2 nitrogen and oxygen atoms in total. The highest BCUT2D eigenvalue weighted by Gasteiger charge is 2.23. The minimum atomic E-state index is 0.341. The number of hydrogen-bond acceptors (Lipinski definition) is 2. The molecule has 1 aliphatic rings. The molecule has 1 atom stereocenters. The number of anilines is 1. The normalized spacial score (nSPS) is 17.3. The van der Waals surface area contributed by atoms with E-state index >= 15 is 0 Å². The highest BCUT2D eigenvalue weighted by molar-refractivity contribution is 7.80. The van der Waals surface area contributed by atoms with E-state index in [1.807, 2.05) is 18.2 Å². The van der Waals surface area contributed by atoms with Crippen LogP contribution in [0, 0.1) is 5.92 Å². The Bertz CT molecular complexity index is 429. The number of nitrogens with one attached hydrogen (secondary N) is 1. The zero-order valence-electron chi connectivity index (χ0n) is 9.87. The summed E-state index contributed by atoms with van der Waals surface area (Å²) < 4.78 is 0. The molecule has 0 spiro atoms. The molecule has 0 aromatic heterocycles. The highest BCUT2D eigenvalue weighted by atomic mass is 35.5. The third kappa shape index (κ3) is 2.90. The van der Waals surface area contributed by atoms with E-state index in [-0.39, 0.29) is 0 Å². The molecule has 0 heterocycles. The van der Waals surface area contributed by atoms with Crippen molar-refractivity contribution in [3.05, 3.63) is 28.8 Å². The third-order valence-corrected chi connectivity index (χ3v) is 4.02. The maximum atomic E-state index is 6.13. The fourth-order valence-corrected chi connectivity index (χ4v) is 2.64. The summed E-state index contributed by atoms with van der Waals surface area (Å²) in [6.45, 7) is 2.22. The van der Waals surface area contributed by atoms with Crippen molar-refractivity contribution in [2.24, 2.45) is 11.7 Å². The molecule has 1 aromatic rings. The van der Waals surface area contributed by atoms with E-state index in [2.05, 4.69) is 12.2 Å². The Hall–Kier alpha value is -0.800. The number of rotatable bonds is 4. The Morgan fingerprint density at radius 1 is 1.53 bits per heavy atom. The van der Waals surface area contributed by atoms with E-state index in [1.54, 1.807) is 0 Å². The van der Waals surface area contributed by atoms with Crippen LogP contribution in [0.5, 0.6) is 0 Å². The Kier molecular flexibility index (Phi) is 3.89. The van der Waals surface area contributed by atoms with Gasteiger partial charge in [-0.15, -0.1) is 0 Å². The zero-order valence-corrected chi connectivity index (χ0v) is 11.4. The van der Waals surface area contributed by atoms with Gasteiger partial charge in [0.1, 0.15) is 4.99 Å². The van der Waals surface area contributed by atoms with Crippen LogP contribution in [0.15, 0.2) is 18.2 Å². The summed E-state index contributed by atoms with van der Waals surface area (Å²) in [5, 5.41) is 4.10. The summed E-state index contributed by atoms with van der Waals surface area (Å²) in [5.74, 6) is 0.795. The molecule has 4 heteroatoms. The highest BCUT2D eigenvalue weighted by Crippen LogP contribution is 2.31. The van der Waals surface area contributed by atoms with E-state index in [1.165, 1.54) is 19.3 Å². The van der Waals surface area contributed by atoms with Crippen LogP contribution in [0.3, 0.4) is 0 Å². The van der Waals surface area contributed by atoms with Crippen molar-refractivity contribution in [2.45, 2.75) is 32.2 Å². The van der Waals surface area contributed by atoms with Gasteiger partial charge >= 0.3 is 0 Å². The first kappa shape index (κ1) is 12.7. The van der Waals surface area contributed by atoms with Crippen molar-refractivity contribution in [3.8, 4) is 0 Å². The molecule has 1 saturated carbocycles. The molecule has 1 fully saturated rings. The maximum Gasteiger partial charge on any atom is 0.105 e. The van der Waals surface area contributed by atoms with E-state index in [0.717, 1.165) is 17.2 Å². The molecule has 17 heavy (non-hydrogen) atoms. The molecule has 3 N–H and O–H groups in total. The lowest BCUT2D eigenvalue weighted by molar-refractivity contribution is 0.285. The van der Waals surface area contributed by atoms with Gasteiger partial charge in [-0.05, 0) is 43.9 Å². The first-order chi connectivity index (χ1) is 8.08. The second-order valence-electron chi connectivity index (χ2n) is 4.68. The lowest BCUT2D eigenvalue weighted by Crippen LogP contribution is -2.30. The maximum absolute atomic E-state index is 6.13. The SMILES string of the molecule is CC(Nc1ccc(C(N)=S)c(Cl)c1)C1CCC1. The molecule has 0 saturated heterocycles. The molecule has 1 aromatic carbocycles. The van der Waals surface area contributed by atoms with Gasteiger partial charge in [-0.25, -0.2) is 0 Å². The lowest BCUT2D eigenvalue weighted by atomic mass is 9.80. The number of nitrogens with two attached hydrogens (primary N) is 1. The van der Waals surface area contributed by atoms with Gasteiger partial charge in [-0.2, -0.15) is 0 Å². The van der Waals surface area contributed by atoms with E-state index in [0.29, 0.717) is 16.1 Å². The van der Waals surface area contributed by atoms with Crippen LogP contribution in [0.1, 0.15) is 31.7 Å². The van der Waals surface area contributed by atoms with Crippen LogP contribution in [-0.2, 0) is 0 Å². The van der Waals surface area contributed by atoms with E-state index in [9.17, 15) is 0 Å². The summed E-state index contributed by atoms with van der Waals surface area (Å²) in [6.07, 6.45) is 4.01. The number of halogens is 1. The van der Waals surface area contributed by atoms with Gasteiger partial charge in [0.05, 0.1) is 5.02 Å². The van der Waals surface area contributed by atoms with Crippen molar-refractivity contribution in [2.75, 3.05) is 5.32 Å². The second-order valence-corrected chi connectivity index (χ2v) is 5.53. The average Bonchev–Trinajstić information content (AvgIpc) is 2.13. The largest absolute Gasteiger partial charge is 0.389 e. The topological polar surface area (TPSA) is 38.0 Å².